The van der Waals surface area contributed by atoms with Gasteiger partial charge in [0.1, 0.15) is 6.04 Å². The van der Waals surface area contributed by atoms with Crippen LogP contribution >= 0.6 is 0 Å². The van der Waals surface area contributed by atoms with Crippen molar-refractivity contribution in [3.8, 4) is 11.5 Å². The highest BCUT2D eigenvalue weighted by Crippen LogP contribution is 2.27. The molecule has 0 aliphatic carbocycles. The molecule has 2 aromatic rings. The Morgan fingerprint density at radius 1 is 1.00 bits per heavy atom. The van der Waals surface area contributed by atoms with Crippen LogP contribution in [0.2, 0.25) is 0 Å². The Hall–Kier alpha value is -3.11. The molecule has 0 saturated heterocycles. The molecule has 0 aliphatic heterocycles. The van der Waals surface area contributed by atoms with Gasteiger partial charge in [-0.25, -0.2) is 8.42 Å². The first kappa shape index (κ1) is 23.2. The summed E-state index contributed by atoms with van der Waals surface area (Å²) in [4.78, 5) is 24.0. The highest BCUT2D eigenvalue weighted by Gasteiger charge is 2.23. The van der Waals surface area contributed by atoms with Crippen LogP contribution in [0.15, 0.2) is 53.4 Å². The van der Waals surface area contributed by atoms with Crippen LogP contribution in [0.3, 0.4) is 0 Å². The molecule has 2 N–H and O–H groups in total. The second kappa shape index (κ2) is 10.6. The minimum Gasteiger partial charge on any atom is -0.493 e. The number of methoxy groups -OCH3 is 2. The Morgan fingerprint density at radius 3 is 2.30 bits per heavy atom. The van der Waals surface area contributed by atoms with E-state index in [1.54, 1.807) is 36.4 Å². The van der Waals surface area contributed by atoms with Gasteiger partial charge in [-0.2, -0.15) is 4.72 Å². The molecule has 0 heterocycles. The van der Waals surface area contributed by atoms with E-state index in [1.165, 1.54) is 33.3 Å². The zero-order chi connectivity index (χ0) is 22.1. The Morgan fingerprint density at radius 2 is 1.67 bits per heavy atom. The van der Waals surface area contributed by atoms with Crippen molar-refractivity contribution in [3.05, 3.63) is 54.1 Å². The third-order valence-corrected chi connectivity index (χ3v) is 5.58. The average Bonchev–Trinajstić information content (AvgIpc) is 2.75. The van der Waals surface area contributed by atoms with Gasteiger partial charge in [-0.15, -0.1) is 0 Å². The number of amides is 1. The number of benzene rings is 2. The number of carbonyl (C=O) groups excluding carboxylic acids is 2. The van der Waals surface area contributed by atoms with Crippen LogP contribution in [-0.4, -0.2) is 47.2 Å². The summed E-state index contributed by atoms with van der Waals surface area (Å²) in [6, 6.07) is 11.6. The van der Waals surface area contributed by atoms with E-state index in [0.717, 1.165) is 5.56 Å². The standard InChI is InChI=1S/C20H24N2O7S/c1-14(22-30(25,26)16-7-5-4-6-8-16)20(24)29-13-19(23)21-12-15-9-10-17(27-2)18(11-15)28-3/h4-11,14,22H,12-13H2,1-3H3,(H,21,23). The second-order valence-corrected chi connectivity index (χ2v) is 7.94. The van der Waals surface area contributed by atoms with Crippen molar-refractivity contribution < 1.29 is 32.2 Å². The maximum absolute atomic E-state index is 12.2. The van der Waals surface area contributed by atoms with Crippen LogP contribution < -0.4 is 19.5 Å². The molecule has 10 heteroatoms. The van der Waals surface area contributed by atoms with Gasteiger partial charge in [0.2, 0.25) is 10.0 Å². The molecule has 0 fully saturated rings. The van der Waals surface area contributed by atoms with Gasteiger partial charge >= 0.3 is 5.97 Å². The zero-order valence-electron chi connectivity index (χ0n) is 16.9. The Kier molecular flexibility index (Phi) is 8.19. The Bertz CT molecular complexity index is 978. The Balaban J connectivity index is 1.82. The second-order valence-electron chi connectivity index (χ2n) is 6.23. The van der Waals surface area contributed by atoms with Crippen LogP contribution in [0.1, 0.15) is 12.5 Å². The van der Waals surface area contributed by atoms with E-state index in [1.807, 2.05) is 0 Å². The number of hydrogen-bond acceptors (Lipinski definition) is 7. The molecule has 2 aromatic carbocycles. The van der Waals surface area contributed by atoms with Gasteiger partial charge in [0, 0.05) is 6.54 Å². The molecule has 0 aliphatic rings. The number of ether oxygens (including phenoxy) is 3. The minimum absolute atomic E-state index is 0.0253. The number of sulfonamides is 1. The first-order valence-corrected chi connectivity index (χ1v) is 10.5. The van der Waals surface area contributed by atoms with E-state index in [9.17, 15) is 18.0 Å². The van der Waals surface area contributed by atoms with Crippen molar-refractivity contribution in [3.63, 3.8) is 0 Å². The summed E-state index contributed by atoms with van der Waals surface area (Å²) in [5, 5.41) is 2.60. The molecular weight excluding hydrogens is 412 g/mol. The molecule has 30 heavy (non-hydrogen) atoms. The highest BCUT2D eigenvalue weighted by atomic mass is 32.2. The van der Waals surface area contributed by atoms with Crippen molar-refractivity contribution >= 4 is 21.9 Å². The molecule has 1 atom stereocenters. The predicted octanol–water partition coefficient (Wildman–Crippen LogP) is 1.23. The SMILES string of the molecule is COc1ccc(CNC(=O)COC(=O)C(C)NS(=O)(=O)c2ccccc2)cc1OC. The topological polar surface area (TPSA) is 120 Å². The lowest BCUT2D eigenvalue weighted by atomic mass is 10.2. The largest absolute Gasteiger partial charge is 0.493 e. The molecule has 1 unspecified atom stereocenters. The third kappa shape index (κ3) is 6.46. The molecule has 0 bridgehead atoms. The normalized spacial score (nSPS) is 12.0. The summed E-state index contributed by atoms with van der Waals surface area (Å²) in [6.45, 7) is 0.987. The van der Waals surface area contributed by atoms with Crippen LogP contribution in [0, 0.1) is 0 Å². The third-order valence-electron chi connectivity index (χ3n) is 4.02. The van der Waals surface area contributed by atoms with Gasteiger partial charge in [0.15, 0.2) is 18.1 Å². The average molecular weight is 436 g/mol. The number of rotatable bonds is 10. The van der Waals surface area contributed by atoms with Crippen LogP contribution in [0.4, 0.5) is 0 Å². The highest BCUT2D eigenvalue weighted by molar-refractivity contribution is 7.89. The number of carbonyl (C=O) groups is 2. The molecule has 0 saturated carbocycles. The van der Waals surface area contributed by atoms with E-state index >= 15 is 0 Å². The van der Waals surface area contributed by atoms with Gasteiger partial charge in [-0.1, -0.05) is 24.3 Å². The van der Waals surface area contributed by atoms with Gasteiger partial charge in [-0.05, 0) is 36.8 Å². The molecule has 2 rings (SSSR count). The fourth-order valence-electron chi connectivity index (χ4n) is 2.45. The summed E-state index contributed by atoms with van der Waals surface area (Å²) in [6.07, 6.45) is 0. The van der Waals surface area contributed by atoms with Gasteiger partial charge in [0.25, 0.3) is 5.91 Å². The minimum atomic E-state index is -3.88. The van der Waals surface area contributed by atoms with Crippen LogP contribution in [0.25, 0.3) is 0 Å². The fraction of sp³-hybridized carbons (Fsp3) is 0.300. The molecule has 1 amide bonds. The summed E-state index contributed by atoms with van der Waals surface area (Å²) in [5.41, 5.74) is 0.760. The van der Waals surface area contributed by atoms with Gasteiger partial charge in [-0.3, -0.25) is 9.59 Å². The predicted molar refractivity (Wildman–Crippen MR) is 109 cm³/mol. The zero-order valence-corrected chi connectivity index (χ0v) is 17.7. The van der Waals surface area contributed by atoms with E-state index in [-0.39, 0.29) is 11.4 Å². The number of hydrogen-bond donors (Lipinski definition) is 2. The summed E-state index contributed by atoms with van der Waals surface area (Å²) < 4.78 is 41.9. The van der Waals surface area contributed by atoms with Gasteiger partial charge in [0.05, 0.1) is 19.1 Å². The summed E-state index contributed by atoms with van der Waals surface area (Å²) >= 11 is 0. The van der Waals surface area contributed by atoms with Crippen molar-refractivity contribution in [2.75, 3.05) is 20.8 Å². The van der Waals surface area contributed by atoms with E-state index in [2.05, 4.69) is 10.0 Å². The van der Waals surface area contributed by atoms with Crippen molar-refractivity contribution in [2.45, 2.75) is 24.4 Å². The maximum Gasteiger partial charge on any atom is 0.324 e. The number of esters is 1. The molecule has 0 radical (unpaired) electrons. The van der Waals surface area contributed by atoms with Crippen molar-refractivity contribution in [2.24, 2.45) is 0 Å². The lowest BCUT2D eigenvalue weighted by Gasteiger charge is -2.14. The fourth-order valence-corrected chi connectivity index (χ4v) is 3.67. The van der Waals surface area contributed by atoms with E-state index < -0.39 is 34.5 Å². The molecule has 0 spiro atoms. The maximum atomic E-state index is 12.2. The smallest absolute Gasteiger partial charge is 0.324 e. The van der Waals surface area contributed by atoms with Crippen LogP contribution in [-0.2, 0) is 30.9 Å². The molecular formula is C20H24N2O7S. The quantitative estimate of drug-likeness (QED) is 0.538. The van der Waals surface area contributed by atoms with Crippen molar-refractivity contribution in [1.82, 2.24) is 10.0 Å². The lowest BCUT2D eigenvalue weighted by molar-refractivity contribution is -0.149. The van der Waals surface area contributed by atoms with E-state index in [4.69, 9.17) is 14.2 Å². The molecule has 0 aromatic heterocycles. The lowest BCUT2D eigenvalue weighted by Crippen LogP contribution is -2.40. The molecule has 162 valence electrons. The summed E-state index contributed by atoms with van der Waals surface area (Å²) in [5.74, 6) is -0.310. The molecule has 9 nitrogen and oxygen atoms in total. The van der Waals surface area contributed by atoms with Crippen LogP contribution in [0.5, 0.6) is 11.5 Å². The monoisotopic (exact) mass is 436 g/mol. The Labute approximate surface area is 175 Å². The number of nitrogens with one attached hydrogen (secondary N) is 2. The first-order chi connectivity index (χ1) is 14.3. The van der Waals surface area contributed by atoms with E-state index in [0.29, 0.717) is 11.5 Å². The first-order valence-electron chi connectivity index (χ1n) is 8.98. The summed E-state index contributed by atoms with van der Waals surface area (Å²) in [7, 11) is -0.846. The van der Waals surface area contributed by atoms with Crippen molar-refractivity contribution in [1.29, 1.82) is 0 Å². The van der Waals surface area contributed by atoms with Gasteiger partial charge < -0.3 is 19.5 Å².